The van der Waals surface area contributed by atoms with Gasteiger partial charge in [0.25, 0.3) is 0 Å². The first-order valence-corrected chi connectivity index (χ1v) is 5.79. The lowest BCUT2D eigenvalue weighted by molar-refractivity contribution is 0.394. The Hall–Kier alpha value is -0.530. The SMILES string of the molecule is CC(C)(C)CC(=NN)C1CCCCC1. The highest BCUT2D eigenvalue weighted by atomic mass is 15.1. The molecule has 0 heterocycles. The highest BCUT2D eigenvalue weighted by Crippen LogP contribution is 2.30. The Bertz CT molecular complexity index is 195. The van der Waals surface area contributed by atoms with E-state index >= 15 is 0 Å². The van der Waals surface area contributed by atoms with Crippen LogP contribution in [0.4, 0.5) is 0 Å². The van der Waals surface area contributed by atoms with Gasteiger partial charge < -0.3 is 5.84 Å². The largest absolute Gasteiger partial charge is 0.323 e. The Balaban J connectivity index is 2.53. The molecule has 0 aromatic carbocycles. The maximum atomic E-state index is 5.50. The van der Waals surface area contributed by atoms with E-state index in [0.717, 1.165) is 6.42 Å². The van der Waals surface area contributed by atoms with E-state index in [2.05, 4.69) is 25.9 Å². The van der Waals surface area contributed by atoms with Gasteiger partial charge in [0.15, 0.2) is 0 Å². The van der Waals surface area contributed by atoms with Crippen LogP contribution in [-0.4, -0.2) is 5.71 Å². The predicted molar refractivity (Wildman–Crippen MR) is 62.3 cm³/mol. The second-order valence-electron chi connectivity index (χ2n) is 5.69. The minimum absolute atomic E-state index is 0.315. The van der Waals surface area contributed by atoms with E-state index in [4.69, 9.17) is 5.84 Å². The van der Waals surface area contributed by atoms with Gasteiger partial charge in [0.05, 0.1) is 0 Å². The maximum Gasteiger partial charge on any atom is 0.0412 e. The molecule has 0 aromatic heterocycles. The van der Waals surface area contributed by atoms with Crippen molar-refractivity contribution in [1.82, 2.24) is 0 Å². The third-order valence-electron chi connectivity index (χ3n) is 2.95. The first-order chi connectivity index (χ1) is 6.53. The van der Waals surface area contributed by atoms with Crippen molar-refractivity contribution in [2.24, 2.45) is 22.3 Å². The van der Waals surface area contributed by atoms with Crippen molar-refractivity contribution in [3.8, 4) is 0 Å². The van der Waals surface area contributed by atoms with Gasteiger partial charge in [-0.15, -0.1) is 0 Å². The molecule has 82 valence electrons. The molecule has 0 bridgehead atoms. The van der Waals surface area contributed by atoms with E-state index < -0.39 is 0 Å². The summed E-state index contributed by atoms with van der Waals surface area (Å²) >= 11 is 0. The smallest absolute Gasteiger partial charge is 0.0412 e. The van der Waals surface area contributed by atoms with Gasteiger partial charge in [-0.1, -0.05) is 40.0 Å². The van der Waals surface area contributed by atoms with Gasteiger partial charge in [0, 0.05) is 5.71 Å². The summed E-state index contributed by atoms with van der Waals surface area (Å²) in [5.41, 5.74) is 1.56. The molecule has 2 nitrogen and oxygen atoms in total. The number of hydrogen-bond donors (Lipinski definition) is 1. The number of nitrogens with two attached hydrogens (primary N) is 1. The van der Waals surface area contributed by atoms with Gasteiger partial charge in [0.2, 0.25) is 0 Å². The predicted octanol–water partition coefficient (Wildman–Crippen LogP) is 3.32. The topological polar surface area (TPSA) is 38.4 Å². The lowest BCUT2D eigenvalue weighted by atomic mass is 9.79. The third-order valence-corrected chi connectivity index (χ3v) is 2.95. The minimum atomic E-state index is 0.315. The standard InChI is InChI=1S/C12H24N2/c1-12(2,3)9-11(14-13)10-7-5-4-6-8-10/h10H,4-9,13H2,1-3H3. The van der Waals surface area contributed by atoms with Crippen LogP contribution in [0.3, 0.4) is 0 Å². The van der Waals surface area contributed by atoms with Crippen molar-refractivity contribution in [3.63, 3.8) is 0 Å². The molecule has 2 N–H and O–H groups in total. The van der Waals surface area contributed by atoms with Gasteiger partial charge in [0.1, 0.15) is 0 Å². The monoisotopic (exact) mass is 196 g/mol. The summed E-state index contributed by atoms with van der Waals surface area (Å²) in [5.74, 6) is 6.17. The molecule has 1 aliphatic carbocycles. The molecule has 0 saturated heterocycles. The lowest BCUT2D eigenvalue weighted by Gasteiger charge is -2.27. The molecule has 0 amide bonds. The van der Waals surface area contributed by atoms with Gasteiger partial charge in [-0.2, -0.15) is 5.10 Å². The highest BCUT2D eigenvalue weighted by molar-refractivity contribution is 5.87. The van der Waals surface area contributed by atoms with Crippen LogP contribution in [0.25, 0.3) is 0 Å². The summed E-state index contributed by atoms with van der Waals surface area (Å²) in [7, 11) is 0. The third kappa shape index (κ3) is 3.69. The first kappa shape index (κ1) is 11.5. The fraction of sp³-hybridized carbons (Fsp3) is 0.917. The zero-order valence-corrected chi connectivity index (χ0v) is 9.84. The number of nitrogens with zero attached hydrogens (tertiary/aromatic N) is 1. The zero-order chi connectivity index (χ0) is 10.6. The van der Waals surface area contributed by atoms with Crippen LogP contribution in [0.5, 0.6) is 0 Å². The minimum Gasteiger partial charge on any atom is -0.323 e. The van der Waals surface area contributed by atoms with Gasteiger partial charge >= 0.3 is 0 Å². The van der Waals surface area contributed by atoms with Gasteiger partial charge in [-0.05, 0) is 30.6 Å². The van der Waals surface area contributed by atoms with Crippen molar-refractivity contribution >= 4 is 5.71 Å². The number of hydrazone groups is 1. The van der Waals surface area contributed by atoms with Crippen LogP contribution in [0.1, 0.15) is 59.3 Å². The Labute approximate surface area is 88.0 Å². The Kier molecular flexibility index (Phi) is 3.97. The summed E-state index contributed by atoms with van der Waals surface area (Å²) in [5, 5.41) is 4.01. The lowest BCUT2D eigenvalue weighted by Crippen LogP contribution is -2.24. The van der Waals surface area contributed by atoms with Crippen molar-refractivity contribution < 1.29 is 0 Å². The number of rotatable bonds is 2. The Morgan fingerprint density at radius 2 is 1.79 bits per heavy atom. The molecule has 0 spiro atoms. The molecular weight excluding hydrogens is 172 g/mol. The zero-order valence-electron chi connectivity index (χ0n) is 9.84. The summed E-state index contributed by atoms with van der Waals surface area (Å²) in [4.78, 5) is 0. The molecule has 0 aliphatic heterocycles. The molecule has 0 radical (unpaired) electrons. The molecule has 0 aromatic rings. The van der Waals surface area contributed by atoms with Crippen LogP contribution < -0.4 is 5.84 Å². The van der Waals surface area contributed by atoms with E-state index in [9.17, 15) is 0 Å². The molecule has 1 fully saturated rings. The molecule has 0 atom stereocenters. The van der Waals surface area contributed by atoms with Crippen molar-refractivity contribution in [1.29, 1.82) is 0 Å². The second kappa shape index (κ2) is 4.81. The maximum absolute atomic E-state index is 5.50. The quantitative estimate of drug-likeness (QED) is 0.411. The van der Waals surface area contributed by atoms with Crippen LogP contribution in [0.2, 0.25) is 0 Å². The molecule has 1 rings (SSSR count). The Morgan fingerprint density at radius 3 is 2.21 bits per heavy atom. The molecule has 1 saturated carbocycles. The van der Waals surface area contributed by atoms with Gasteiger partial charge in [-0.3, -0.25) is 0 Å². The Morgan fingerprint density at radius 1 is 1.21 bits per heavy atom. The normalized spacial score (nSPS) is 21.2. The van der Waals surface area contributed by atoms with E-state index in [1.807, 2.05) is 0 Å². The molecule has 0 unspecified atom stereocenters. The highest BCUT2D eigenvalue weighted by Gasteiger charge is 2.23. The van der Waals surface area contributed by atoms with E-state index in [1.54, 1.807) is 0 Å². The fourth-order valence-corrected chi connectivity index (χ4v) is 2.27. The second-order valence-corrected chi connectivity index (χ2v) is 5.69. The van der Waals surface area contributed by atoms with E-state index in [0.29, 0.717) is 11.3 Å². The van der Waals surface area contributed by atoms with E-state index in [1.165, 1.54) is 37.8 Å². The van der Waals surface area contributed by atoms with Crippen LogP contribution in [0, 0.1) is 11.3 Å². The first-order valence-electron chi connectivity index (χ1n) is 5.79. The molecular formula is C12H24N2. The molecule has 2 heteroatoms. The average molecular weight is 196 g/mol. The average Bonchev–Trinajstić information content (AvgIpc) is 2.14. The van der Waals surface area contributed by atoms with Crippen molar-refractivity contribution in [2.75, 3.05) is 0 Å². The summed E-state index contributed by atoms with van der Waals surface area (Å²) in [6.45, 7) is 6.75. The van der Waals surface area contributed by atoms with Crippen LogP contribution >= 0.6 is 0 Å². The summed E-state index contributed by atoms with van der Waals surface area (Å²) < 4.78 is 0. The summed E-state index contributed by atoms with van der Waals surface area (Å²) in [6, 6.07) is 0. The summed E-state index contributed by atoms with van der Waals surface area (Å²) in [6.07, 6.45) is 7.75. The fourth-order valence-electron chi connectivity index (χ4n) is 2.27. The van der Waals surface area contributed by atoms with Crippen molar-refractivity contribution in [2.45, 2.75) is 59.3 Å². The van der Waals surface area contributed by atoms with Crippen LogP contribution in [-0.2, 0) is 0 Å². The molecule has 1 aliphatic rings. The van der Waals surface area contributed by atoms with Gasteiger partial charge in [-0.25, -0.2) is 0 Å². The van der Waals surface area contributed by atoms with E-state index in [-0.39, 0.29) is 0 Å². The number of hydrogen-bond acceptors (Lipinski definition) is 2. The van der Waals surface area contributed by atoms with Crippen molar-refractivity contribution in [3.05, 3.63) is 0 Å². The van der Waals surface area contributed by atoms with Crippen LogP contribution in [0.15, 0.2) is 5.10 Å². The molecule has 14 heavy (non-hydrogen) atoms.